The normalized spacial score (nSPS) is 16.7. The summed E-state index contributed by atoms with van der Waals surface area (Å²) >= 11 is 1.59. The summed E-state index contributed by atoms with van der Waals surface area (Å²) in [6.45, 7) is 1.75. The van der Waals surface area contributed by atoms with Gasteiger partial charge in [-0.15, -0.1) is 11.3 Å². The van der Waals surface area contributed by atoms with E-state index in [4.69, 9.17) is 10.5 Å². The van der Waals surface area contributed by atoms with Gasteiger partial charge in [0.1, 0.15) is 10.6 Å². The topological polar surface area (TPSA) is 73.1 Å². The Morgan fingerprint density at radius 3 is 3.05 bits per heavy atom. The zero-order chi connectivity index (χ0) is 13.3. The Hall–Kier alpha value is -1.40. The maximum atomic E-state index is 5.74. The summed E-state index contributed by atoms with van der Waals surface area (Å²) in [4.78, 5) is 9.49. The molecule has 1 fully saturated rings. The van der Waals surface area contributed by atoms with Crippen LogP contribution in [0.2, 0.25) is 0 Å². The number of rotatable bonds is 6. The second-order valence-corrected chi connectivity index (χ2v) is 6.06. The van der Waals surface area contributed by atoms with Crippen LogP contribution in [0.15, 0.2) is 11.4 Å². The molecular weight excluding hydrogens is 260 g/mol. The number of nitrogens with zero attached hydrogens (tertiary/aromatic N) is 2. The minimum Gasteiger partial charge on any atom is -0.385 e. The van der Waals surface area contributed by atoms with Gasteiger partial charge in [0.05, 0.1) is 5.39 Å². The Bertz CT molecular complexity index is 579. The summed E-state index contributed by atoms with van der Waals surface area (Å²) in [6, 6.07) is 2.04. The van der Waals surface area contributed by atoms with Crippen molar-refractivity contribution < 1.29 is 4.74 Å². The van der Waals surface area contributed by atoms with Gasteiger partial charge in [-0.05, 0) is 36.1 Å². The van der Waals surface area contributed by atoms with Gasteiger partial charge in [0, 0.05) is 20.3 Å². The van der Waals surface area contributed by atoms with Crippen LogP contribution in [-0.4, -0.2) is 30.2 Å². The second kappa shape index (κ2) is 4.94. The molecule has 2 aromatic rings. The predicted octanol–water partition coefficient (Wildman–Crippen LogP) is 2.50. The highest BCUT2D eigenvalue weighted by Crippen LogP contribution is 2.48. The molecule has 3 rings (SSSR count). The fraction of sp³-hybridized carbons (Fsp3) is 0.538. The molecule has 102 valence electrons. The van der Waals surface area contributed by atoms with Gasteiger partial charge < -0.3 is 15.8 Å². The van der Waals surface area contributed by atoms with E-state index in [1.54, 1.807) is 18.4 Å². The van der Waals surface area contributed by atoms with Crippen molar-refractivity contribution in [2.24, 2.45) is 5.41 Å². The van der Waals surface area contributed by atoms with Crippen LogP contribution in [0.1, 0.15) is 19.3 Å². The SMILES string of the molecule is COCCC1(CNc2nc(N)nc3sccc23)CC1. The number of nitrogen functional groups attached to an aromatic ring is 1. The molecule has 1 saturated carbocycles. The molecule has 0 aromatic carbocycles. The number of thiophene rings is 1. The Morgan fingerprint density at radius 2 is 2.32 bits per heavy atom. The average Bonchev–Trinajstić information content (AvgIpc) is 3.02. The Kier molecular flexibility index (Phi) is 3.28. The standard InChI is InChI=1S/C13H18N4OS/c1-18-6-5-13(3-4-13)8-15-10-9-2-7-19-11(9)17-12(14)16-10/h2,7H,3-6,8H2,1H3,(H3,14,15,16,17). The summed E-state index contributed by atoms with van der Waals surface area (Å²) in [5, 5.41) is 6.52. The van der Waals surface area contributed by atoms with Crippen LogP contribution < -0.4 is 11.1 Å². The molecule has 1 aliphatic rings. The van der Waals surface area contributed by atoms with Crippen molar-refractivity contribution in [1.29, 1.82) is 0 Å². The molecule has 5 nitrogen and oxygen atoms in total. The maximum absolute atomic E-state index is 5.74. The maximum Gasteiger partial charge on any atom is 0.223 e. The minimum atomic E-state index is 0.333. The van der Waals surface area contributed by atoms with Crippen LogP contribution >= 0.6 is 11.3 Å². The molecule has 2 heterocycles. The molecule has 0 atom stereocenters. The van der Waals surface area contributed by atoms with Crippen molar-refractivity contribution in [2.75, 3.05) is 31.3 Å². The van der Waals surface area contributed by atoms with Crippen molar-refractivity contribution in [3.05, 3.63) is 11.4 Å². The average molecular weight is 278 g/mol. The van der Waals surface area contributed by atoms with Crippen molar-refractivity contribution in [2.45, 2.75) is 19.3 Å². The van der Waals surface area contributed by atoms with E-state index in [-0.39, 0.29) is 0 Å². The lowest BCUT2D eigenvalue weighted by atomic mass is 10.0. The number of nitrogens with two attached hydrogens (primary N) is 1. The summed E-state index contributed by atoms with van der Waals surface area (Å²) < 4.78 is 5.17. The fourth-order valence-corrected chi connectivity index (χ4v) is 3.06. The number of nitrogens with one attached hydrogen (secondary N) is 1. The lowest BCUT2D eigenvalue weighted by Crippen LogP contribution is -2.18. The summed E-state index contributed by atoms with van der Waals surface area (Å²) in [5.74, 6) is 1.19. The number of anilines is 2. The van der Waals surface area contributed by atoms with E-state index in [9.17, 15) is 0 Å². The van der Waals surface area contributed by atoms with Gasteiger partial charge in [-0.3, -0.25) is 0 Å². The molecule has 0 aliphatic heterocycles. The molecule has 0 unspecified atom stereocenters. The summed E-state index contributed by atoms with van der Waals surface area (Å²) in [6.07, 6.45) is 3.62. The molecule has 0 bridgehead atoms. The fourth-order valence-electron chi connectivity index (χ4n) is 2.29. The number of fused-ring (bicyclic) bond motifs is 1. The van der Waals surface area contributed by atoms with Crippen molar-refractivity contribution in [3.8, 4) is 0 Å². The predicted molar refractivity (Wildman–Crippen MR) is 78.5 cm³/mol. The van der Waals surface area contributed by atoms with Gasteiger partial charge in [-0.25, -0.2) is 4.98 Å². The Morgan fingerprint density at radius 1 is 1.47 bits per heavy atom. The first-order valence-electron chi connectivity index (χ1n) is 6.46. The zero-order valence-electron chi connectivity index (χ0n) is 11.0. The van der Waals surface area contributed by atoms with Crippen LogP contribution in [0.4, 0.5) is 11.8 Å². The quantitative estimate of drug-likeness (QED) is 0.849. The van der Waals surface area contributed by atoms with Crippen LogP contribution in [0.25, 0.3) is 10.2 Å². The largest absolute Gasteiger partial charge is 0.385 e. The second-order valence-electron chi connectivity index (χ2n) is 5.17. The number of hydrogen-bond donors (Lipinski definition) is 2. The van der Waals surface area contributed by atoms with Crippen molar-refractivity contribution >= 4 is 33.3 Å². The lowest BCUT2D eigenvalue weighted by Gasteiger charge is -2.16. The minimum absolute atomic E-state index is 0.333. The molecule has 1 aliphatic carbocycles. The molecule has 6 heteroatoms. The first kappa shape index (κ1) is 12.6. The third kappa shape index (κ3) is 2.64. The molecule has 0 radical (unpaired) electrons. The van der Waals surface area contributed by atoms with E-state index in [1.165, 1.54) is 12.8 Å². The highest BCUT2D eigenvalue weighted by molar-refractivity contribution is 7.16. The Labute approximate surface area is 116 Å². The lowest BCUT2D eigenvalue weighted by molar-refractivity contribution is 0.175. The van der Waals surface area contributed by atoms with Gasteiger partial charge in [0.15, 0.2) is 0 Å². The van der Waals surface area contributed by atoms with Crippen LogP contribution in [0.3, 0.4) is 0 Å². The van der Waals surface area contributed by atoms with E-state index >= 15 is 0 Å². The highest BCUT2D eigenvalue weighted by Gasteiger charge is 2.41. The molecule has 2 aromatic heterocycles. The Balaban J connectivity index is 1.73. The zero-order valence-corrected chi connectivity index (χ0v) is 11.8. The smallest absolute Gasteiger partial charge is 0.223 e. The number of methoxy groups -OCH3 is 1. The van der Waals surface area contributed by atoms with Gasteiger partial charge in [-0.2, -0.15) is 4.98 Å². The monoisotopic (exact) mass is 278 g/mol. The molecule has 0 saturated heterocycles. The van der Waals surface area contributed by atoms with E-state index in [0.29, 0.717) is 11.4 Å². The van der Waals surface area contributed by atoms with Crippen LogP contribution in [0.5, 0.6) is 0 Å². The van der Waals surface area contributed by atoms with Gasteiger partial charge in [0.25, 0.3) is 0 Å². The van der Waals surface area contributed by atoms with E-state index < -0.39 is 0 Å². The number of hydrogen-bond acceptors (Lipinski definition) is 6. The van der Waals surface area contributed by atoms with E-state index in [1.807, 2.05) is 11.4 Å². The number of aromatic nitrogens is 2. The van der Waals surface area contributed by atoms with E-state index in [0.717, 1.165) is 35.6 Å². The summed E-state index contributed by atoms with van der Waals surface area (Å²) in [5.41, 5.74) is 6.13. The number of ether oxygens (including phenoxy) is 1. The van der Waals surface area contributed by atoms with Gasteiger partial charge >= 0.3 is 0 Å². The van der Waals surface area contributed by atoms with Gasteiger partial charge in [0.2, 0.25) is 5.95 Å². The van der Waals surface area contributed by atoms with Crippen LogP contribution in [0, 0.1) is 5.41 Å². The first-order valence-corrected chi connectivity index (χ1v) is 7.34. The third-order valence-electron chi connectivity index (χ3n) is 3.77. The van der Waals surface area contributed by atoms with Crippen molar-refractivity contribution in [1.82, 2.24) is 9.97 Å². The summed E-state index contributed by atoms with van der Waals surface area (Å²) in [7, 11) is 1.75. The molecule has 3 N–H and O–H groups in total. The van der Waals surface area contributed by atoms with E-state index in [2.05, 4.69) is 15.3 Å². The molecule has 0 amide bonds. The molecule has 0 spiro atoms. The van der Waals surface area contributed by atoms with Crippen LogP contribution in [-0.2, 0) is 4.74 Å². The molecule has 19 heavy (non-hydrogen) atoms. The molecular formula is C13H18N4OS. The van der Waals surface area contributed by atoms with Crippen molar-refractivity contribution in [3.63, 3.8) is 0 Å². The third-order valence-corrected chi connectivity index (χ3v) is 4.57. The van der Waals surface area contributed by atoms with Gasteiger partial charge in [-0.1, -0.05) is 0 Å². The first-order chi connectivity index (χ1) is 9.22. The highest BCUT2D eigenvalue weighted by atomic mass is 32.1.